The second kappa shape index (κ2) is 14.1. The van der Waals surface area contributed by atoms with Gasteiger partial charge in [-0.3, -0.25) is 4.99 Å². The zero-order valence-corrected chi connectivity index (χ0v) is 20.9. The van der Waals surface area contributed by atoms with Crippen LogP contribution in [0.2, 0.25) is 0 Å². The Labute approximate surface area is 197 Å². The van der Waals surface area contributed by atoms with E-state index in [1.165, 1.54) is 5.56 Å². The Kier molecular flexibility index (Phi) is 12.2. The average molecular weight is 527 g/mol. The standard InChI is InChI=1S/C23H33N3O3.HI/c1-6-28-21-12-11-20(14-22(21)29-7-2)17(3)26-23(24-4)25-15-18-9-8-10-19(13-18)16-27-5;/h8-14,17H,6-7,15-16H2,1-5H3,(H2,24,25,26);1H. The first-order chi connectivity index (χ1) is 14.1. The summed E-state index contributed by atoms with van der Waals surface area (Å²) in [5.74, 6) is 2.27. The van der Waals surface area contributed by atoms with Crippen molar-refractivity contribution < 1.29 is 14.2 Å². The molecular formula is C23H34IN3O3. The van der Waals surface area contributed by atoms with E-state index < -0.39 is 0 Å². The summed E-state index contributed by atoms with van der Waals surface area (Å²) >= 11 is 0. The Bertz CT molecular complexity index is 799. The summed E-state index contributed by atoms with van der Waals surface area (Å²) in [5.41, 5.74) is 3.43. The summed E-state index contributed by atoms with van der Waals surface area (Å²) < 4.78 is 16.6. The molecule has 30 heavy (non-hydrogen) atoms. The summed E-state index contributed by atoms with van der Waals surface area (Å²) in [5, 5.41) is 6.80. The van der Waals surface area contributed by atoms with Crippen LogP contribution in [0, 0.1) is 0 Å². The van der Waals surface area contributed by atoms with Gasteiger partial charge in [0, 0.05) is 20.7 Å². The topological polar surface area (TPSA) is 64.1 Å². The molecule has 0 amide bonds. The van der Waals surface area contributed by atoms with Crippen LogP contribution in [0.25, 0.3) is 0 Å². The Morgan fingerprint density at radius 2 is 1.70 bits per heavy atom. The summed E-state index contributed by atoms with van der Waals surface area (Å²) in [6.07, 6.45) is 0. The SMILES string of the molecule is CCOc1ccc(C(C)NC(=NC)NCc2cccc(COC)c2)cc1OCC.I. The highest BCUT2D eigenvalue weighted by Crippen LogP contribution is 2.30. The molecule has 2 aromatic rings. The number of benzene rings is 2. The number of nitrogens with zero attached hydrogens (tertiary/aromatic N) is 1. The van der Waals surface area contributed by atoms with E-state index in [1.54, 1.807) is 14.2 Å². The van der Waals surface area contributed by atoms with Crippen molar-refractivity contribution >= 4 is 29.9 Å². The molecule has 0 aliphatic carbocycles. The maximum Gasteiger partial charge on any atom is 0.191 e. The molecule has 0 saturated carbocycles. The minimum atomic E-state index is 0. The number of guanidine groups is 1. The van der Waals surface area contributed by atoms with E-state index in [9.17, 15) is 0 Å². The zero-order valence-electron chi connectivity index (χ0n) is 18.5. The monoisotopic (exact) mass is 527 g/mol. The molecule has 0 saturated heterocycles. The van der Waals surface area contributed by atoms with Gasteiger partial charge in [-0.05, 0) is 49.6 Å². The number of ether oxygens (including phenoxy) is 3. The van der Waals surface area contributed by atoms with Crippen LogP contribution in [0.1, 0.15) is 43.5 Å². The fraction of sp³-hybridized carbons (Fsp3) is 0.435. The lowest BCUT2D eigenvalue weighted by molar-refractivity contribution is 0.185. The molecule has 1 unspecified atom stereocenters. The van der Waals surface area contributed by atoms with E-state index in [4.69, 9.17) is 14.2 Å². The number of nitrogens with one attached hydrogen (secondary N) is 2. The molecule has 0 spiro atoms. The number of methoxy groups -OCH3 is 1. The third-order valence-electron chi connectivity index (χ3n) is 4.41. The van der Waals surface area contributed by atoms with Crippen LogP contribution >= 0.6 is 24.0 Å². The molecule has 2 aromatic carbocycles. The van der Waals surface area contributed by atoms with Gasteiger partial charge in [-0.1, -0.05) is 30.3 Å². The van der Waals surface area contributed by atoms with Crippen molar-refractivity contribution in [1.82, 2.24) is 10.6 Å². The molecule has 1 atom stereocenters. The van der Waals surface area contributed by atoms with Crippen molar-refractivity contribution in [2.24, 2.45) is 4.99 Å². The molecule has 2 N–H and O–H groups in total. The molecule has 0 aliphatic heterocycles. The van der Waals surface area contributed by atoms with Crippen LogP contribution in [0.15, 0.2) is 47.5 Å². The summed E-state index contributed by atoms with van der Waals surface area (Å²) in [6.45, 7) is 8.52. The Morgan fingerprint density at radius 3 is 2.37 bits per heavy atom. The van der Waals surface area contributed by atoms with Crippen molar-refractivity contribution in [3.8, 4) is 11.5 Å². The normalized spacial score (nSPS) is 12.0. The van der Waals surface area contributed by atoms with Gasteiger partial charge in [-0.25, -0.2) is 0 Å². The summed E-state index contributed by atoms with van der Waals surface area (Å²) in [4.78, 5) is 4.35. The number of aliphatic imine (C=N–C) groups is 1. The van der Waals surface area contributed by atoms with E-state index in [2.05, 4.69) is 40.7 Å². The summed E-state index contributed by atoms with van der Waals surface area (Å²) in [7, 11) is 3.48. The first-order valence-corrected chi connectivity index (χ1v) is 10.0. The second-order valence-corrected chi connectivity index (χ2v) is 6.62. The predicted molar refractivity (Wildman–Crippen MR) is 133 cm³/mol. The van der Waals surface area contributed by atoms with Crippen molar-refractivity contribution in [2.45, 2.75) is 40.0 Å². The lowest BCUT2D eigenvalue weighted by atomic mass is 10.1. The molecule has 0 heterocycles. The predicted octanol–water partition coefficient (Wildman–Crippen LogP) is 4.67. The fourth-order valence-electron chi connectivity index (χ4n) is 3.00. The van der Waals surface area contributed by atoms with Gasteiger partial charge in [0.2, 0.25) is 0 Å². The number of hydrogen-bond donors (Lipinski definition) is 2. The maximum atomic E-state index is 5.74. The third-order valence-corrected chi connectivity index (χ3v) is 4.41. The molecule has 7 heteroatoms. The number of halogens is 1. The maximum absolute atomic E-state index is 5.74. The van der Waals surface area contributed by atoms with Crippen LogP contribution in [-0.4, -0.2) is 33.3 Å². The van der Waals surface area contributed by atoms with Crippen molar-refractivity contribution in [2.75, 3.05) is 27.4 Å². The lowest BCUT2D eigenvalue weighted by Crippen LogP contribution is -2.38. The molecule has 6 nitrogen and oxygen atoms in total. The lowest BCUT2D eigenvalue weighted by Gasteiger charge is -2.20. The average Bonchev–Trinajstić information content (AvgIpc) is 2.73. The quantitative estimate of drug-likeness (QED) is 0.267. The molecule has 0 aliphatic rings. The van der Waals surface area contributed by atoms with Crippen molar-refractivity contribution in [3.63, 3.8) is 0 Å². The third kappa shape index (κ3) is 8.02. The molecule has 0 radical (unpaired) electrons. The van der Waals surface area contributed by atoms with E-state index in [0.717, 1.165) is 28.6 Å². The van der Waals surface area contributed by atoms with Crippen LogP contribution < -0.4 is 20.1 Å². The summed E-state index contributed by atoms with van der Waals surface area (Å²) in [6, 6.07) is 14.4. The van der Waals surface area contributed by atoms with Crippen LogP contribution in [0.5, 0.6) is 11.5 Å². The van der Waals surface area contributed by atoms with Crippen molar-refractivity contribution in [3.05, 3.63) is 59.2 Å². The number of rotatable bonds is 10. The molecule has 0 fully saturated rings. The van der Waals surface area contributed by atoms with Crippen molar-refractivity contribution in [1.29, 1.82) is 0 Å². The van der Waals surface area contributed by atoms with Gasteiger partial charge in [0.25, 0.3) is 0 Å². The van der Waals surface area contributed by atoms with Gasteiger partial charge in [-0.2, -0.15) is 0 Å². The van der Waals surface area contributed by atoms with Crippen LogP contribution in [0.3, 0.4) is 0 Å². The van der Waals surface area contributed by atoms with Crippen LogP contribution in [0.4, 0.5) is 0 Å². The highest BCUT2D eigenvalue weighted by atomic mass is 127. The van der Waals surface area contributed by atoms with Gasteiger partial charge >= 0.3 is 0 Å². The van der Waals surface area contributed by atoms with Crippen LogP contribution in [-0.2, 0) is 17.9 Å². The smallest absolute Gasteiger partial charge is 0.191 e. The van der Waals surface area contributed by atoms with Gasteiger partial charge in [-0.15, -0.1) is 24.0 Å². The largest absolute Gasteiger partial charge is 0.490 e. The van der Waals surface area contributed by atoms with Gasteiger partial charge in [0.05, 0.1) is 25.9 Å². The Balaban J connectivity index is 0.00000450. The van der Waals surface area contributed by atoms with E-state index >= 15 is 0 Å². The molecule has 2 rings (SSSR count). The van der Waals surface area contributed by atoms with E-state index in [1.807, 2.05) is 38.1 Å². The highest BCUT2D eigenvalue weighted by Gasteiger charge is 2.12. The minimum Gasteiger partial charge on any atom is -0.490 e. The number of hydrogen-bond acceptors (Lipinski definition) is 4. The zero-order chi connectivity index (χ0) is 21.1. The second-order valence-electron chi connectivity index (χ2n) is 6.62. The Hall–Kier alpha value is -2.00. The van der Waals surface area contributed by atoms with Gasteiger partial charge in [0.15, 0.2) is 17.5 Å². The molecule has 166 valence electrons. The first-order valence-electron chi connectivity index (χ1n) is 10.0. The van der Waals surface area contributed by atoms with E-state index in [-0.39, 0.29) is 30.0 Å². The first kappa shape index (κ1) is 26.0. The highest BCUT2D eigenvalue weighted by molar-refractivity contribution is 14.0. The van der Waals surface area contributed by atoms with E-state index in [0.29, 0.717) is 26.4 Å². The molecule has 0 bridgehead atoms. The fourth-order valence-corrected chi connectivity index (χ4v) is 3.00. The molecule has 0 aromatic heterocycles. The Morgan fingerprint density at radius 1 is 1.00 bits per heavy atom. The minimum absolute atomic E-state index is 0. The van der Waals surface area contributed by atoms with Gasteiger partial charge in [0.1, 0.15) is 0 Å². The van der Waals surface area contributed by atoms with Gasteiger partial charge < -0.3 is 24.8 Å². The molecular weight excluding hydrogens is 493 g/mol.